The number of aliphatic hydroxyl groups excluding tert-OH is 1. The Hall–Kier alpha value is -2.89. The second-order valence-electron chi connectivity index (χ2n) is 7.97. The fourth-order valence-electron chi connectivity index (χ4n) is 4.11. The molecule has 0 radical (unpaired) electrons. The lowest BCUT2D eigenvalue weighted by Crippen LogP contribution is -2.35. The fraction of sp³-hybridized carbons (Fsp3) is 0.526. The number of anilines is 1. The summed E-state index contributed by atoms with van der Waals surface area (Å²) < 4.78 is 12.7. The van der Waals surface area contributed by atoms with Crippen molar-refractivity contribution in [3.8, 4) is 0 Å². The van der Waals surface area contributed by atoms with Gasteiger partial charge in [0.05, 0.1) is 17.7 Å². The van der Waals surface area contributed by atoms with Crippen LogP contribution in [0.5, 0.6) is 0 Å². The topological polar surface area (TPSA) is 149 Å². The summed E-state index contributed by atoms with van der Waals surface area (Å²) in [5, 5.41) is 26.0. The number of rotatable bonds is 5. The van der Waals surface area contributed by atoms with Crippen molar-refractivity contribution in [2.75, 3.05) is 11.9 Å². The quantitative estimate of drug-likeness (QED) is 0.603. The summed E-state index contributed by atoms with van der Waals surface area (Å²) in [7, 11) is 0. The van der Waals surface area contributed by atoms with Gasteiger partial charge in [-0.05, 0) is 33.3 Å². The summed E-state index contributed by atoms with van der Waals surface area (Å²) >= 11 is 0. The van der Waals surface area contributed by atoms with Gasteiger partial charge in [-0.1, -0.05) is 0 Å². The third-order valence-corrected chi connectivity index (χ3v) is 5.40. The summed E-state index contributed by atoms with van der Waals surface area (Å²) in [6.07, 6.45) is 1.39. The Labute approximate surface area is 172 Å². The first kappa shape index (κ1) is 20.4. The number of fused-ring (bicyclic) bond motifs is 1. The zero-order chi connectivity index (χ0) is 21.6. The normalized spacial score (nSPS) is 27.1. The molecule has 11 heteroatoms. The largest absolute Gasteiger partial charge is 0.463 e. The monoisotopic (exact) mass is 417 g/mol. The number of carbonyl (C=O) groups is 2. The number of ketones is 1. The van der Waals surface area contributed by atoms with Gasteiger partial charge in [-0.25, -0.2) is 14.8 Å². The molecule has 4 atom stereocenters. The zero-order valence-electron chi connectivity index (χ0n) is 16.8. The molecule has 1 saturated carbocycles. The van der Waals surface area contributed by atoms with Crippen molar-refractivity contribution in [3.63, 3.8) is 0 Å². The van der Waals surface area contributed by atoms with E-state index in [1.54, 1.807) is 6.92 Å². The van der Waals surface area contributed by atoms with E-state index in [0.717, 1.165) is 4.68 Å². The maximum Gasteiger partial charge on any atom is 0.432 e. The molecule has 3 N–H and O–H groups in total. The number of nitrogens with zero attached hydrogens (tertiary/aromatic N) is 4. The molecule has 2 fully saturated rings. The predicted molar refractivity (Wildman–Crippen MR) is 102 cm³/mol. The Morgan fingerprint density at radius 3 is 2.73 bits per heavy atom. The Morgan fingerprint density at radius 1 is 1.33 bits per heavy atom. The number of ether oxygens (including phenoxy) is 2. The second kappa shape index (κ2) is 7.42. The molecule has 0 aromatic carbocycles. The van der Waals surface area contributed by atoms with Gasteiger partial charge in [0, 0.05) is 24.4 Å². The van der Waals surface area contributed by atoms with E-state index in [-0.39, 0.29) is 47.8 Å². The zero-order valence-corrected chi connectivity index (χ0v) is 16.8. The highest BCUT2D eigenvalue weighted by Gasteiger charge is 2.54. The highest BCUT2D eigenvalue weighted by molar-refractivity contribution is 6.10. The highest BCUT2D eigenvalue weighted by Crippen LogP contribution is 2.42. The Morgan fingerprint density at radius 2 is 2.07 bits per heavy atom. The summed E-state index contributed by atoms with van der Waals surface area (Å²) in [5.41, 5.74) is 0.460. The molecule has 1 aliphatic heterocycles. The first-order valence-corrected chi connectivity index (χ1v) is 9.58. The summed E-state index contributed by atoms with van der Waals surface area (Å²) in [6.45, 7) is 5.14. The molecular weight excluding hydrogens is 394 g/mol. The van der Waals surface area contributed by atoms with E-state index in [4.69, 9.17) is 14.6 Å². The summed E-state index contributed by atoms with van der Waals surface area (Å²) in [5.74, 6) is -1.09. The first-order valence-electron chi connectivity index (χ1n) is 9.58. The van der Waals surface area contributed by atoms with Gasteiger partial charge in [0.1, 0.15) is 23.9 Å². The molecule has 2 aliphatic rings. The van der Waals surface area contributed by atoms with Crippen LogP contribution in [-0.4, -0.2) is 72.5 Å². The molecule has 160 valence electrons. The lowest BCUT2D eigenvalue weighted by molar-refractivity contribution is -0.158. The van der Waals surface area contributed by atoms with Gasteiger partial charge in [-0.15, -0.1) is 0 Å². The van der Waals surface area contributed by atoms with Gasteiger partial charge in [0.15, 0.2) is 5.79 Å². The maximum atomic E-state index is 13.0. The number of aryl methyl sites for hydroxylation is 1. The Kier molecular flexibility index (Phi) is 5.04. The number of carboxylic acid groups (broad SMARTS) is 1. The van der Waals surface area contributed by atoms with Crippen LogP contribution in [0.15, 0.2) is 18.6 Å². The summed E-state index contributed by atoms with van der Waals surface area (Å²) in [6, 6.07) is 1.16. The number of hydrogen-bond donors (Lipinski definition) is 3. The first-order chi connectivity index (χ1) is 14.2. The van der Waals surface area contributed by atoms with Crippen molar-refractivity contribution in [2.45, 2.75) is 51.2 Å². The van der Waals surface area contributed by atoms with Crippen molar-refractivity contribution in [1.29, 1.82) is 0 Å². The van der Waals surface area contributed by atoms with E-state index < -0.39 is 17.7 Å². The Bertz CT molecular complexity index is 990. The van der Waals surface area contributed by atoms with Crippen LogP contribution in [-0.2, 0) is 9.47 Å². The van der Waals surface area contributed by atoms with Crippen molar-refractivity contribution in [1.82, 2.24) is 19.7 Å². The van der Waals surface area contributed by atoms with Crippen LogP contribution in [0.4, 0.5) is 10.6 Å². The average Bonchev–Trinajstić information content (AvgIpc) is 3.33. The minimum absolute atomic E-state index is 0.0214. The van der Waals surface area contributed by atoms with E-state index in [0.29, 0.717) is 12.1 Å². The predicted octanol–water partition coefficient (Wildman–Crippen LogP) is 1.05. The standard InChI is InChI=1S/C19H23N5O6/c1-9-4-12(23-24(9)18(27)28)14(26)11-6-20-8-21-17(11)22-13-5-10(7-25)15-16(13)30-19(2,3)29-15/h4,6,8,10,13,15-16,25H,5,7H2,1-3H3,(H,27,28)(H,20,21,22)/t10-,13-,15-,16+/m1/s1. The van der Waals surface area contributed by atoms with Crippen LogP contribution < -0.4 is 5.32 Å². The van der Waals surface area contributed by atoms with E-state index in [1.807, 2.05) is 13.8 Å². The van der Waals surface area contributed by atoms with Gasteiger partial charge >= 0.3 is 6.09 Å². The Balaban J connectivity index is 1.60. The number of aliphatic hydroxyl groups is 1. The summed E-state index contributed by atoms with van der Waals surface area (Å²) in [4.78, 5) is 32.3. The molecular formula is C19H23N5O6. The smallest absolute Gasteiger partial charge is 0.432 e. The molecule has 11 nitrogen and oxygen atoms in total. The fourth-order valence-corrected chi connectivity index (χ4v) is 4.11. The van der Waals surface area contributed by atoms with Crippen molar-refractivity contribution in [2.24, 2.45) is 5.92 Å². The lowest BCUT2D eigenvalue weighted by atomic mass is 10.1. The van der Waals surface area contributed by atoms with Gasteiger partial charge in [-0.2, -0.15) is 9.78 Å². The minimum Gasteiger partial charge on any atom is -0.463 e. The number of aromatic nitrogens is 4. The molecule has 2 aromatic rings. The van der Waals surface area contributed by atoms with Crippen LogP contribution in [0.3, 0.4) is 0 Å². The van der Waals surface area contributed by atoms with Crippen molar-refractivity contribution < 1.29 is 29.3 Å². The SMILES string of the molecule is Cc1cc(C(=O)c2cncnc2N[C@@H]2C[C@H](CO)[C@H]3OC(C)(C)O[C@H]32)nn1C(=O)O. The lowest BCUT2D eigenvalue weighted by Gasteiger charge is -2.24. The molecule has 0 spiro atoms. The maximum absolute atomic E-state index is 13.0. The number of carbonyl (C=O) groups excluding carboxylic acids is 1. The van der Waals surface area contributed by atoms with E-state index in [9.17, 15) is 14.7 Å². The molecule has 0 amide bonds. The number of nitrogens with one attached hydrogen (secondary N) is 1. The molecule has 0 unspecified atom stereocenters. The molecule has 2 aromatic heterocycles. The van der Waals surface area contributed by atoms with Gasteiger partial charge in [0.25, 0.3) is 0 Å². The van der Waals surface area contributed by atoms with E-state index >= 15 is 0 Å². The molecule has 30 heavy (non-hydrogen) atoms. The van der Waals surface area contributed by atoms with Crippen molar-refractivity contribution >= 4 is 17.7 Å². The van der Waals surface area contributed by atoms with E-state index in [2.05, 4.69) is 20.4 Å². The minimum atomic E-state index is -1.28. The van der Waals surface area contributed by atoms with Gasteiger partial charge < -0.3 is 25.0 Å². The van der Waals surface area contributed by atoms with Crippen LogP contribution in [0, 0.1) is 12.8 Å². The third kappa shape index (κ3) is 3.55. The highest BCUT2D eigenvalue weighted by atomic mass is 16.8. The molecule has 1 saturated heterocycles. The molecule has 0 bridgehead atoms. The second-order valence-corrected chi connectivity index (χ2v) is 7.97. The number of hydrogen-bond acceptors (Lipinski definition) is 9. The van der Waals surface area contributed by atoms with E-state index in [1.165, 1.54) is 18.6 Å². The average molecular weight is 417 g/mol. The third-order valence-electron chi connectivity index (χ3n) is 5.40. The van der Waals surface area contributed by atoms with Crippen LogP contribution in [0.1, 0.15) is 42.0 Å². The van der Waals surface area contributed by atoms with Crippen molar-refractivity contribution in [3.05, 3.63) is 35.5 Å². The van der Waals surface area contributed by atoms with Crippen LogP contribution in [0.2, 0.25) is 0 Å². The molecule has 4 rings (SSSR count). The molecule has 3 heterocycles. The van der Waals surface area contributed by atoms with Crippen LogP contribution >= 0.6 is 0 Å². The van der Waals surface area contributed by atoms with Gasteiger partial charge in [0.2, 0.25) is 5.78 Å². The van der Waals surface area contributed by atoms with Crippen LogP contribution in [0.25, 0.3) is 0 Å². The van der Waals surface area contributed by atoms with Gasteiger partial charge in [-0.3, -0.25) is 4.79 Å². The molecule has 1 aliphatic carbocycles.